The van der Waals surface area contributed by atoms with Gasteiger partial charge in [-0.1, -0.05) is 12.1 Å². The topological polar surface area (TPSA) is 61.4 Å². The second-order valence-corrected chi connectivity index (χ2v) is 5.69. The highest BCUT2D eigenvalue weighted by molar-refractivity contribution is 5.77. The first kappa shape index (κ1) is 17.2. The van der Waals surface area contributed by atoms with Crippen LogP contribution < -0.4 is 10.2 Å². The van der Waals surface area contributed by atoms with E-state index in [4.69, 9.17) is 0 Å². The monoisotopic (exact) mass is 353 g/mol. The molecule has 1 aromatic heterocycles. The molecule has 1 aromatic carbocycles. The van der Waals surface area contributed by atoms with Crippen LogP contribution in [0.4, 0.5) is 23.8 Å². The number of hydrogen-bond donors (Lipinski definition) is 1. The maximum Gasteiger partial charge on any atom is 0.437 e. The van der Waals surface area contributed by atoms with Crippen molar-refractivity contribution in [2.45, 2.75) is 13.1 Å². The molecule has 25 heavy (non-hydrogen) atoms. The van der Waals surface area contributed by atoms with Crippen LogP contribution in [0.5, 0.6) is 0 Å². The van der Waals surface area contributed by atoms with E-state index in [0.29, 0.717) is 25.2 Å². The number of benzene rings is 1. The zero-order chi connectivity index (χ0) is 18.0. The van der Waals surface area contributed by atoms with Crippen LogP contribution in [0.15, 0.2) is 24.3 Å². The van der Waals surface area contributed by atoms with Crippen molar-refractivity contribution in [1.82, 2.24) is 20.2 Å². The predicted molar refractivity (Wildman–Crippen MR) is 87.4 cm³/mol. The fourth-order valence-corrected chi connectivity index (χ4v) is 2.79. The third-order valence-corrected chi connectivity index (χ3v) is 4.02. The normalized spacial score (nSPS) is 15.5. The van der Waals surface area contributed by atoms with Crippen LogP contribution >= 0.6 is 0 Å². The SMILES string of the molecule is CCNC(=O)N1CCN(c2nc3ccccc3nc2C(F)(F)F)CC1. The number of aromatic nitrogens is 2. The number of fused-ring (bicyclic) bond motifs is 1. The highest BCUT2D eigenvalue weighted by Crippen LogP contribution is 2.35. The van der Waals surface area contributed by atoms with Gasteiger partial charge in [0.2, 0.25) is 0 Å². The highest BCUT2D eigenvalue weighted by atomic mass is 19.4. The lowest BCUT2D eigenvalue weighted by atomic mass is 10.2. The Morgan fingerprint density at radius 1 is 1.12 bits per heavy atom. The molecule has 1 fully saturated rings. The van der Waals surface area contributed by atoms with Crippen LogP contribution in [0.3, 0.4) is 0 Å². The van der Waals surface area contributed by atoms with Crippen molar-refractivity contribution in [2.24, 2.45) is 0 Å². The number of amides is 2. The number of piperazine rings is 1. The van der Waals surface area contributed by atoms with Crippen LogP contribution in [0, 0.1) is 0 Å². The molecule has 0 unspecified atom stereocenters. The molecule has 1 saturated heterocycles. The number of anilines is 1. The molecular formula is C16H18F3N5O. The zero-order valence-corrected chi connectivity index (χ0v) is 13.7. The van der Waals surface area contributed by atoms with E-state index in [1.54, 1.807) is 23.1 Å². The van der Waals surface area contributed by atoms with Gasteiger partial charge in [-0.15, -0.1) is 0 Å². The van der Waals surface area contributed by atoms with Crippen molar-refractivity contribution in [3.63, 3.8) is 0 Å². The summed E-state index contributed by atoms with van der Waals surface area (Å²) in [7, 11) is 0. The first-order chi connectivity index (χ1) is 11.9. The molecule has 1 N–H and O–H groups in total. The van der Waals surface area contributed by atoms with Gasteiger partial charge in [-0.25, -0.2) is 14.8 Å². The molecule has 134 valence electrons. The average Bonchev–Trinajstić information content (AvgIpc) is 2.60. The smallest absolute Gasteiger partial charge is 0.351 e. The molecule has 2 amide bonds. The number of urea groups is 1. The average molecular weight is 353 g/mol. The number of rotatable bonds is 2. The summed E-state index contributed by atoms with van der Waals surface area (Å²) in [5.41, 5.74) is -0.367. The van der Waals surface area contributed by atoms with E-state index in [1.807, 2.05) is 6.92 Å². The lowest BCUT2D eigenvalue weighted by molar-refractivity contribution is -0.140. The molecule has 9 heteroatoms. The van der Waals surface area contributed by atoms with Gasteiger partial charge in [0.05, 0.1) is 11.0 Å². The largest absolute Gasteiger partial charge is 0.437 e. The Morgan fingerprint density at radius 2 is 1.72 bits per heavy atom. The molecule has 1 aliphatic rings. The number of carbonyl (C=O) groups excluding carboxylic acids is 1. The molecule has 1 aliphatic heterocycles. The molecule has 2 heterocycles. The minimum absolute atomic E-state index is 0.179. The Kier molecular flexibility index (Phi) is 4.65. The lowest BCUT2D eigenvalue weighted by Crippen LogP contribution is -2.52. The van der Waals surface area contributed by atoms with Crippen molar-refractivity contribution in [1.29, 1.82) is 0 Å². The van der Waals surface area contributed by atoms with Gasteiger partial charge in [0.1, 0.15) is 0 Å². The second kappa shape index (κ2) is 6.73. The van der Waals surface area contributed by atoms with Crippen LogP contribution in [-0.2, 0) is 6.18 Å². The van der Waals surface area contributed by atoms with Gasteiger partial charge in [-0.05, 0) is 19.1 Å². The second-order valence-electron chi connectivity index (χ2n) is 5.69. The molecule has 2 aromatic rings. The summed E-state index contributed by atoms with van der Waals surface area (Å²) in [6.07, 6.45) is -4.59. The van der Waals surface area contributed by atoms with E-state index in [1.165, 1.54) is 11.0 Å². The van der Waals surface area contributed by atoms with Crippen molar-refractivity contribution in [2.75, 3.05) is 37.6 Å². The summed E-state index contributed by atoms with van der Waals surface area (Å²) < 4.78 is 40.3. The Morgan fingerprint density at radius 3 is 2.28 bits per heavy atom. The Labute approximate surface area is 142 Å². The fourth-order valence-electron chi connectivity index (χ4n) is 2.79. The predicted octanol–water partition coefficient (Wildman–Crippen LogP) is 2.50. The quantitative estimate of drug-likeness (QED) is 0.901. The van der Waals surface area contributed by atoms with Crippen molar-refractivity contribution in [3.05, 3.63) is 30.0 Å². The van der Waals surface area contributed by atoms with Crippen molar-refractivity contribution >= 4 is 22.9 Å². The van der Waals surface area contributed by atoms with Crippen LogP contribution in [0.2, 0.25) is 0 Å². The number of carbonyl (C=O) groups is 1. The Bertz CT molecular complexity index is 772. The van der Waals surface area contributed by atoms with E-state index in [9.17, 15) is 18.0 Å². The maximum atomic E-state index is 13.4. The lowest BCUT2D eigenvalue weighted by Gasteiger charge is -2.36. The molecule has 0 saturated carbocycles. The Hall–Kier alpha value is -2.58. The molecule has 0 spiro atoms. The van der Waals surface area contributed by atoms with E-state index < -0.39 is 11.9 Å². The van der Waals surface area contributed by atoms with Gasteiger partial charge in [-0.2, -0.15) is 13.2 Å². The summed E-state index contributed by atoms with van der Waals surface area (Å²) in [6, 6.07) is 6.27. The maximum absolute atomic E-state index is 13.4. The molecule has 0 aliphatic carbocycles. The minimum atomic E-state index is -4.59. The van der Waals surface area contributed by atoms with Gasteiger partial charge in [0.15, 0.2) is 11.5 Å². The van der Waals surface area contributed by atoms with E-state index in [2.05, 4.69) is 15.3 Å². The summed E-state index contributed by atoms with van der Waals surface area (Å²) in [5, 5.41) is 2.69. The van der Waals surface area contributed by atoms with E-state index in [0.717, 1.165) is 0 Å². The summed E-state index contributed by atoms with van der Waals surface area (Å²) >= 11 is 0. The number of para-hydroxylation sites is 2. The van der Waals surface area contributed by atoms with Crippen molar-refractivity contribution < 1.29 is 18.0 Å². The highest BCUT2D eigenvalue weighted by Gasteiger charge is 2.39. The number of alkyl halides is 3. The number of hydrogen-bond acceptors (Lipinski definition) is 4. The van der Waals surface area contributed by atoms with Gasteiger partial charge in [-0.3, -0.25) is 0 Å². The molecule has 0 bridgehead atoms. The first-order valence-electron chi connectivity index (χ1n) is 8.02. The van der Waals surface area contributed by atoms with Crippen LogP contribution in [0.1, 0.15) is 12.6 Å². The minimum Gasteiger partial charge on any atom is -0.351 e. The molecule has 3 rings (SSSR count). The van der Waals surface area contributed by atoms with E-state index >= 15 is 0 Å². The number of nitrogens with zero attached hydrogens (tertiary/aromatic N) is 4. The van der Waals surface area contributed by atoms with Gasteiger partial charge < -0.3 is 15.1 Å². The summed E-state index contributed by atoms with van der Waals surface area (Å²) in [4.78, 5) is 22.9. The summed E-state index contributed by atoms with van der Waals surface area (Å²) in [5.74, 6) is -0.179. The first-order valence-corrected chi connectivity index (χ1v) is 8.02. The zero-order valence-electron chi connectivity index (χ0n) is 13.7. The van der Waals surface area contributed by atoms with Crippen molar-refractivity contribution in [3.8, 4) is 0 Å². The standard InChI is InChI=1S/C16H18F3N5O/c1-2-20-15(25)24-9-7-23(8-10-24)14-13(16(17,18)19)21-11-5-3-4-6-12(11)22-14/h3-6H,2,7-10H2,1H3,(H,20,25). The molecule has 0 radical (unpaired) electrons. The van der Waals surface area contributed by atoms with E-state index in [-0.39, 0.29) is 30.5 Å². The third-order valence-electron chi connectivity index (χ3n) is 4.02. The summed E-state index contributed by atoms with van der Waals surface area (Å²) in [6.45, 7) is 3.53. The van der Waals surface area contributed by atoms with Crippen LogP contribution in [0.25, 0.3) is 11.0 Å². The fraction of sp³-hybridized carbons (Fsp3) is 0.438. The molecule has 6 nitrogen and oxygen atoms in total. The van der Waals surface area contributed by atoms with Gasteiger partial charge >= 0.3 is 12.2 Å². The van der Waals surface area contributed by atoms with Gasteiger partial charge in [0, 0.05) is 32.7 Å². The number of halogens is 3. The molecular weight excluding hydrogens is 335 g/mol. The van der Waals surface area contributed by atoms with Gasteiger partial charge in [0.25, 0.3) is 0 Å². The Balaban J connectivity index is 1.89. The third kappa shape index (κ3) is 3.59. The van der Waals surface area contributed by atoms with Crippen LogP contribution in [-0.4, -0.2) is 53.6 Å². The number of nitrogens with one attached hydrogen (secondary N) is 1. The molecule has 0 atom stereocenters.